The number of likely N-dealkylation sites (tertiary alicyclic amines) is 1. The van der Waals surface area contributed by atoms with Crippen LogP contribution in [0.1, 0.15) is 6.42 Å². The molecule has 0 radical (unpaired) electrons. The molecule has 1 amide bonds. The number of nitrogens with zero attached hydrogens (tertiary/aromatic N) is 2. The Labute approximate surface area is 94.5 Å². The van der Waals surface area contributed by atoms with Crippen molar-refractivity contribution >= 4 is 5.91 Å². The summed E-state index contributed by atoms with van der Waals surface area (Å²) < 4.78 is 5.73. The van der Waals surface area contributed by atoms with Crippen molar-refractivity contribution in [3.05, 3.63) is 37.2 Å². The zero-order valence-electron chi connectivity index (χ0n) is 9.00. The third kappa shape index (κ3) is 2.39. The molecule has 0 saturated carbocycles. The first kappa shape index (κ1) is 10.7. The first-order chi connectivity index (χ1) is 7.79. The molecule has 1 aromatic rings. The monoisotopic (exact) mass is 218 g/mol. The van der Waals surface area contributed by atoms with Gasteiger partial charge < -0.3 is 9.64 Å². The summed E-state index contributed by atoms with van der Waals surface area (Å²) in [7, 11) is 0. The van der Waals surface area contributed by atoms with Gasteiger partial charge in [-0.15, -0.1) is 0 Å². The largest absolute Gasteiger partial charge is 0.488 e. The van der Waals surface area contributed by atoms with Crippen molar-refractivity contribution in [2.24, 2.45) is 0 Å². The molecule has 1 aromatic heterocycles. The van der Waals surface area contributed by atoms with Crippen LogP contribution in [-0.2, 0) is 4.79 Å². The van der Waals surface area contributed by atoms with Crippen LogP contribution in [0.2, 0.25) is 0 Å². The second kappa shape index (κ2) is 4.79. The van der Waals surface area contributed by atoms with E-state index >= 15 is 0 Å². The van der Waals surface area contributed by atoms with E-state index in [1.807, 2.05) is 12.1 Å². The number of pyridine rings is 1. The maximum Gasteiger partial charge on any atom is 0.246 e. The van der Waals surface area contributed by atoms with Gasteiger partial charge in [0.05, 0.1) is 6.54 Å². The Morgan fingerprint density at radius 3 is 3.00 bits per heavy atom. The highest BCUT2D eigenvalue weighted by Crippen LogP contribution is 2.17. The van der Waals surface area contributed by atoms with Gasteiger partial charge in [0.15, 0.2) is 0 Å². The summed E-state index contributed by atoms with van der Waals surface area (Å²) >= 11 is 0. The maximum absolute atomic E-state index is 11.4. The van der Waals surface area contributed by atoms with Crippen molar-refractivity contribution in [3.63, 3.8) is 0 Å². The fraction of sp³-hybridized carbons (Fsp3) is 0.333. The lowest BCUT2D eigenvalue weighted by Crippen LogP contribution is -2.29. The highest BCUT2D eigenvalue weighted by atomic mass is 16.5. The Morgan fingerprint density at radius 1 is 1.56 bits per heavy atom. The minimum absolute atomic E-state index is 0.0270. The molecule has 2 heterocycles. The third-order valence-corrected chi connectivity index (χ3v) is 2.58. The fourth-order valence-corrected chi connectivity index (χ4v) is 1.76. The fourth-order valence-electron chi connectivity index (χ4n) is 1.76. The van der Waals surface area contributed by atoms with Gasteiger partial charge in [-0.2, -0.15) is 0 Å². The minimum atomic E-state index is -0.0270. The SMILES string of the molecule is C=CC(=O)N1CCC(Oc2ccncc2)C1. The van der Waals surface area contributed by atoms with E-state index in [0.29, 0.717) is 6.54 Å². The molecule has 2 rings (SSSR count). The van der Waals surface area contributed by atoms with E-state index in [2.05, 4.69) is 11.6 Å². The lowest BCUT2D eigenvalue weighted by atomic mass is 10.3. The lowest BCUT2D eigenvalue weighted by Gasteiger charge is -2.15. The van der Waals surface area contributed by atoms with Crippen LogP contribution in [-0.4, -0.2) is 35.0 Å². The molecular weight excluding hydrogens is 204 g/mol. The van der Waals surface area contributed by atoms with Crippen LogP contribution in [0.4, 0.5) is 0 Å². The summed E-state index contributed by atoms with van der Waals surface area (Å²) in [6.07, 6.45) is 5.66. The summed E-state index contributed by atoms with van der Waals surface area (Å²) in [4.78, 5) is 17.0. The summed E-state index contributed by atoms with van der Waals surface area (Å²) in [5, 5.41) is 0. The van der Waals surface area contributed by atoms with Crippen molar-refractivity contribution < 1.29 is 9.53 Å². The van der Waals surface area contributed by atoms with Crippen molar-refractivity contribution in [2.75, 3.05) is 13.1 Å². The minimum Gasteiger partial charge on any atom is -0.488 e. The smallest absolute Gasteiger partial charge is 0.246 e. The van der Waals surface area contributed by atoms with Crippen LogP contribution >= 0.6 is 0 Å². The predicted octanol–water partition coefficient (Wildman–Crippen LogP) is 1.25. The molecule has 1 fully saturated rings. The molecule has 84 valence electrons. The number of rotatable bonds is 3. The molecule has 1 saturated heterocycles. The highest BCUT2D eigenvalue weighted by Gasteiger charge is 2.26. The molecule has 0 aliphatic carbocycles. The first-order valence-corrected chi connectivity index (χ1v) is 5.27. The number of carbonyl (C=O) groups is 1. The van der Waals surface area contributed by atoms with Crippen molar-refractivity contribution in [3.8, 4) is 5.75 Å². The van der Waals surface area contributed by atoms with Gasteiger partial charge in [0, 0.05) is 25.4 Å². The Kier molecular flexibility index (Phi) is 3.19. The Balaban J connectivity index is 1.90. The van der Waals surface area contributed by atoms with Crippen LogP contribution in [0.15, 0.2) is 37.2 Å². The second-order valence-electron chi connectivity index (χ2n) is 3.70. The number of ether oxygens (including phenoxy) is 1. The van der Waals surface area contributed by atoms with E-state index in [9.17, 15) is 4.79 Å². The van der Waals surface area contributed by atoms with Crippen molar-refractivity contribution in [1.29, 1.82) is 0 Å². The predicted molar refractivity (Wildman–Crippen MR) is 60.0 cm³/mol. The van der Waals surface area contributed by atoms with Crippen LogP contribution in [0.5, 0.6) is 5.75 Å². The van der Waals surface area contributed by atoms with Gasteiger partial charge in [-0.25, -0.2) is 0 Å². The standard InChI is InChI=1S/C12H14N2O2/c1-2-12(15)14-8-5-11(9-14)16-10-3-6-13-7-4-10/h2-4,6-7,11H,1,5,8-9H2. The maximum atomic E-state index is 11.4. The van der Waals surface area contributed by atoms with E-state index in [1.165, 1.54) is 6.08 Å². The van der Waals surface area contributed by atoms with E-state index in [4.69, 9.17) is 4.74 Å². The van der Waals surface area contributed by atoms with Crippen molar-refractivity contribution in [2.45, 2.75) is 12.5 Å². The average Bonchev–Trinajstić information content (AvgIpc) is 2.78. The lowest BCUT2D eigenvalue weighted by molar-refractivity contribution is -0.125. The number of aromatic nitrogens is 1. The molecule has 4 heteroatoms. The topological polar surface area (TPSA) is 42.4 Å². The summed E-state index contributed by atoms with van der Waals surface area (Å²) in [6.45, 7) is 4.84. The van der Waals surface area contributed by atoms with Gasteiger partial charge in [-0.1, -0.05) is 6.58 Å². The Bertz CT molecular complexity index is 378. The summed E-state index contributed by atoms with van der Waals surface area (Å²) in [5.74, 6) is 0.772. The molecule has 1 aliphatic heterocycles. The quantitative estimate of drug-likeness (QED) is 0.717. The molecule has 1 unspecified atom stereocenters. The Hall–Kier alpha value is -1.84. The Morgan fingerprint density at radius 2 is 2.31 bits per heavy atom. The van der Waals surface area contributed by atoms with Gasteiger partial charge in [0.1, 0.15) is 11.9 Å². The van der Waals surface area contributed by atoms with Crippen LogP contribution in [0, 0.1) is 0 Å². The molecule has 1 aliphatic rings. The van der Waals surface area contributed by atoms with Crippen LogP contribution in [0.3, 0.4) is 0 Å². The van der Waals surface area contributed by atoms with E-state index < -0.39 is 0 Å². The van der Waals surface area contributed by atoms with Gasteiger partial charge in [-0.3, -0.25) is 9.78 Å². The van der Waals surface area contributed by atoms with Gasteiger partial charge in [0.2, 0.25) is 5.91 Å². The van der Waals surface area contributed by atoms with E-state index in [0.717, 1.165) is 18.7 Å². The second-order valence-corrected chi connectivity index (χ2v) is 3.70. The summed E-state index contributed by atoms with van der Waals surface area (Å²) in [5.41, 5.74) is 0. The molecule has 16 heavy (non-hydrogen) atoms. The number of carbonyl (C=O) groups excluding carboxylic acids is 1. The zero-order valence-corrected chi connectivity index (χ0v) is 9.00. The normalized spacial score (nSPS) is 19.5. The number of amides is 1. The first-order valence-electron chi connectivity index (χ1n) is 5.27. The van der Waals surface area contributed by atoms with Crippen molar-refractivity contribution in [1.82, 2.24) is 9.88 Å². The van der Waals surface area contributed by atoms with Crippen LogP contribution < -0.4 is 4.74 Å². The van der Waals surface area contributed by atoms with Crippen LogP contribution in [0.25, 0.3) is 0 Å². The molecular formula is C12H14N2O2. The van der Waals surface area contributed by atoms with Gasteiger partial charge in [0.25, 0.3) is 0 Å². The number of hydrogen-bond donors (Lipinski definition) is 0. The van der Waals surface area contributed by atoms with Gasteiger partial charge in [-0.05, 0) is 18.2 Å². The molecule has 1 atom stereocenters. The summed E-state index contributed by atoms with van der Waals surface area (Å²) in [6, 6.07) is 3.63. The van der Waals surface area contributed by atoms with Gasteiger partial charge >= 0.3 is 0 Å². The van der Waals surface area contributed by atoms with E-state index in [-0.39, 0.29) is 12.0 Å². The molecule has 0 aromatic carbocycles. The molecule has 0 N–H and O–H groups in total. The number of hydrogen-bond acceptors (Lipinski definition) is 3. The zero-order chi connectivity index (χ0) is 11.4. The van der Waals surface area contributed by atoms with E-state index in [1.54, 1.807) is 17.3 Å². The molecule has 0 spiro atoms. The molecule has 4 nitrogen and oxygen atoms in total. The third-order valence-electron chi connectivity index (χ3n) is 2.58. The highest BCUT2D eigenvalue weighted by molar-refractivity contribution is 5.87. The molecule has 0 bridgehead atoms. The average molecular weight is 218 g/mol.